The summed E-state index contributed by atoms with van der Waals surface area (Å²) in [5.74, 6) is 1.70. The van der Waals surface area contributed by atoms with Gasteiger partial charge in [0.25, 0.3) is 5.91 Å². The smallest absolute Gasteiger partial charge is 0.251 e. The fraction of sp³-hybridized carbons (Fsp3) is 0.250. The van der Waals surface area contributed by atoms with Crippen molar-refractivity contribution in [1.29, 1.82) is 0 Å². The molecule has 156 valence electrons. The van der Waals surface area contributed by atoms with Crippen LogP contribution in [-0.4, -0.2) is 30.7 Å². The molecular formula is C24H26N2O4. The van der Waals surface area contributed by atoms with E-state index in [0.29, 0.717) is 43.4 Å². The first kappa shape index (κ1) is 21.2. The van der Waals surface area contributed by atoms with Crippen LogP contribution in [0.15, 0.2) is 66.9 Å². The second kappa shape index (κ2) is 10.9. The number of amides is 1. The maximum atomic E-state index is 12.6. The van der Waals surface area contributed by atoms with Crippen LogP contribution in [0.4, 0.5) is 0 Å². The molecule has 30 heavy (non-hydrogen) atoms. The highest BCUT2D eigenvalue weighted by Gasteiger charge is 2.12. The molecule has 0 aliphatic carbocycles. The number of aromatic nitrogens is 1. The lowest BCUT2D eigenvalue weighted by molar-refractivity contribution is 0.0949. The van der Waals surface area contributed by atoms with Crippen LogP contribution in [0.2, 0.25) is 0 Å². The average Bonchev–Trinajstić information content (AvgIpc) is 2.77. The molecule has 1 aromatic heterocycles. The minimum Gasteiger partial charge on any atom is -0.490 e. The quantitative estimate of drug-likeness (QED) is 0.512. The van der Waals surface area contributed by atoms with Crippen molar-refractivity contribution >= 4 is 5.91 Å². The number of carbonyl (C=O) groups is 1. The molecule has 0 fully saturated rings. The van der Waals surface area contributed by atoms with E-state index < -0.39 is 0 Å². The number of nitrogens with one attached hydrogen (secondary N) is 1. The molecule has 0 saturated heterocycles. The van der Waals surface area contributed by atoms with Gasteiger partial charge in [0.05, 0.1) is 18.8 Å². The molecule has 0 bridgehead atoms. The number of rotatable bonds is 10. The standard InChI is InChI=1S/C24H26N2O4/c1-3-28-23-16-19(24(27)26-17-21-18(2)8-7-13-25-21)11-12-22(23)30-15-14-29-20-9-5-4-6-10-20/h4-13,16H,3,14-15,17H2,1-2H3,(H,26,27). The van der Waals surface area contributed by atoms with Gasteiger partial charge in [0.1, 0.15) is 19.0 Å². The predicted octanol–water partition coefficient (Wildman–Crippen LogP) is 4.18. The Morgan fingerprint density at radius 2 is 1.73 bits per heavy atom. The summed E-state index contributed by atoms with van der Waals surface area (Å²) in [6.07, 6.45) is 1.72. The third-order valence-electron chi connectivity index (χ3n) is 4.39. The predicted molar refractivity (Wildman–Crippen MR) is 115 cm³/mol. The minimum atomic E-state index is -0.194. The number of benzene rings is 2. The number of hydrogen-bond donors (Lipinski definition) is 1. The Hall–Kier alpha value is -3.54. The summed E-state index contributed by atoms with van der Waals surface area (Å²) in [5.41, 5.74) is 2.38. The van der Waals surface area contributed by atoms with Crippen molar-refractivity contribution < 1.29 is 19.0 Å². The maximum Gasteiger partial charge on any atom is 0.251 e. The molecule has 2 aromatic carbocycles. The molecule has 0 aliphatic heterocycles. The van der Waals surface area contributed by atoms with Gasteiger partial charge in [-0.3, -0.25) is 9.78 Å². The largest absolute Gasteiger partial charge is 0.490 e. The Kier molecular flexibility index (Phi) is 7.66. The van der Waals surface area contributed by atoms with Gasteiger partial charge < -0.3 is 19.5 Å². The van der Waals surface area contributed by atoms with Gasteiger partial charge in [0, 0.05) is 11.8 Å². The van der Waals surface area contributed by atoms with E-state index in [1.54, 1.807) is 24.4 Å². The van der Waals surface area contributed by atoms with Gasteiger partial charge in [-0.25, -0.2) is 0 Å². The molecule has 1 heterocycles. The molecule has 1 N–H and O–H groups in total. The van der Waals surface area contributed by atoms with Crippen molar-refractivity contribution in [3.05, 3.63) is 83.7 Å². The van der Waals surface area contributed by atoms with E-state index >= 15 is 0 Å². The number of ether oxygens (including phenoxy) is 3. The lowest BCUT2D eigenvalue weighted by Crippen LogP contribution is -2.23. The van der Waals surface area contributed by atoms with Crippen molar-refractivity contribution in [1.82, 2.24) is 10.3 Å². The fourth-order valence-electron chi connectivity index (χ4n) is 2.83. The van der Waals surface area contributed by atoms with E-state index in [0.717, 1.165) is 17.0 Å². The monoisotopic (exact) mass is 406 g/mol. The zero-order valence-electron chi connectivity index (χ0n) is 17.3. The molecule has 6 nitrogen and oxygen atoms in total. The zero-order valence-corrected chi connectivity index (χ0v) is 17.3. The van der Waals surface area contributed by atoms with E-state index in [2.05, 4.69) is 10.3 Å². The molecule has 0 aliphatic rings. The average molecular weight is 406 g/mol. The summed E-state index contributed by atoms with van der Waals surface area (Å²) in [5, 5.41) is 2.90. The summed E-state index contributed by atoms with van der Waals surface area (Å²) < 4.78 is 17.1. The maximum absolute atomic E-state index is 12.6. The zero-order chi connectivity index (χ0) is 21.2. The van der Waals surface area contributed by atoms with Crippen LogP contribution in [0.3, 0.4) is 0 Å². The Labute approximate surface area is 176 Å². The highest BCUT2D eigenvalue weighted by molar-refractivity contribution is 5.94. The number of carbonyl (C=O) groups excluding carboxylic acids is 1. The van der Waals surface area contributed by atoms with Crippen LogP contribution in [0.25, 0.3) is 0 Å². The molecule has 1 amide bonds. The van der Waals surface area contributed by atoms with Gasteiger partial charge in [-0.05, 0) is 55.8 Å². The SMILES string of the molecule is CCOc1cc(C(=O)NCc2ncccc2C)ccc1OCCOc1ccccc1. The summed E-state index contributed by atoms with van der Waals surface area (Å²) >= 11 is 0. The molecule has 0 unspecified atom stereocenters. The van der Waals surface area contributed by atoms with Crippen molar-refractivity contribution in [2.24, 2.45) is 0 Å². The first-order chi connectivity index (χ1) is 14.7. The van der Waals surface area contributed by atoms with E-state index in [4.69, 9.17) is 14.2 Å². The second-order valence-corrected chi connectivity index (χ2v) is 6.55. The van der Waals surface area contributed by atoms with E-state index in [-0.39, 0.29) is 5.91 Å². The molecule has 0 radical (unpaired) electrons. The molecule has 3 aromatic rings. The van der Waals surface area contributed by atoms with Crippen LogP contribution >= 0.6 is 0 Å². The molecule has 6 heteroatoms. The lowest BCUT2D eigenvalue weighted by Gasteiger charge is -2.14. The summed E-state index contributed by atoms with van der Waals surface area (Å²) in [7, 11) is 0. The Bertz CT molecular complexity index is 960. The number of para-hydroxylation sites is 1. The van der Waals surface area contributed by atoms with Crippen molar-refractivity contribution in [3.63, 3.8) is 0 Å². The van der Waals surface area contributed by atoms with Crippen LogP contribution in [0, 0.1) is 6.92 Å². The van der Waals surface area contributed by atoms with E-state index in [1.165, 1.54) is 0 Å². The lowest BCUT2D eigenvalue weighted by atomic mass is 10.1. The highest BCUT2D eigenvalue weighted by Crippen LogP contribution is 2.28. The number of nitrogens with zero attached hydrogens (tertiary/aromatic N) is 1. The van der Waals surface area contributed by atoms with Gasteiger partial charge >= 0.3 is 0 Å². The van der Waals surface area contributed by atoms with Gasteiger partial charge in [-0.1, -0.05) is 24.3 Å². The van der Waals surface area contributed by atoms with E-state index in [1.807, 2.05) is 56.3 Å². The molecular weight excluding hydrogens is 380 g/mol. The fourth-order valence-corrected chi connectivity index (χ4v) is 2.83. The van der Waals surface area contributed by atoms with E-state index in [9.17, 15) is 4.79 Å². The first-order valence-corrected chi connectivity index (χ1v) is 9.93. The number of aryl methyl sites for hydroxylation is 1. The number of pyridine rings is 1. The van der Waals surface area contributed by atoms with Crippen molar-refractivity contribution in [2.75, 3.05) is 19.8 Å². The topological polar surface area (TPSA) is 69.7 Å². The van der Waals surface area contributed by atoms with Gasteiger partial charge in [0.2, 0.25) is 0 Å². The Morgan fingerprint density at radius 1 is 0.933 bits per heavy atom. The molecule has 0 saturated carbocycles. The van der Waals surface area contributed by atoms with Crippen LogP contribution in [-0.2, 0) is 6.54 Å². The highest BCUT2D eigenvalue weighted by atomic mass is 16.5. The Morgan fingerprint density at radius 3 is 2.50 bits per heavy atom. The number of hydrogen-bond acceptors (Lipinski definition) is 5. The third kappa shape index (κ3) is 5.98. The minimum absolute atomic E-state index is 0.194. The summed E-state index contributed by atoms with van der Waals surface area (Å²) in [4.78, 5) is 16.9. The normalized spacial score (nSPS) is 10.3. The van der Waals surface area contributed by atoms with Crippen LogP contribution in [0.5, 0.6) is 17.2 Å². The molecule has 0 atom stereocenters. The molecule has 3 rings (SSSR count). The molecule has 0 spiro atoms. The van der Waals surface area contributed by atoms with Gasteiger partial charge in [-0.15, -0.1) is 0 Å². The summed E-state index contributed by atoms with van der Waals surface area (Å²) in [6.45, 7) is 5.45. The van der Waals surface area contributed by atoms with Crippen molar-refractivity contribution in [2.45, 2.75) is 20.4 Å². The van der Waals surface area contributed by atoms with Crippen molar-refractivity contribution in [3.8, 4) is 17.2 Å². The van der Waals surface area contributed by atoms with Gasteiger partial charge in [0.15, 0.2) is 11.5 Å². The summed E-state index contributed by atoms with van der Waals surface area (Å²) in [6, 6.07) is 18.6. The second-order valence-electron chi connectivity index (χ2n) is 6.55. The van der Waals surface area contributed by atoms with Crippen LogP contribution < -0.4 is 19.5 Å². The van der Waals surface area contributed by atoms with Crippen LogP contribution in [0.1, 0.15) is 28.5 Å². The Balaban J connectivity index is 1.58. The third-order valence-corrected chi connectivity index (χ3v) is 4.39. The first-order valence-electron chi connectivity index (χ1n) is 9.93. The van der Waals surface area contributed by atoms with Gasteiger partial charge in [-0.2, -0.15) is 0 Å².